The molecule has 7 heteroatoms. The summed E-state index contributed by atoms with van der Waals surface area (Å²) in [5.74, 6) is -1.94. The molecule has 0 fully saturated rings. The summed E-state index contributed by atoms with van der Waals surface area (Å²) in [6.45, 7) is 2.97. The number of hydrogen-bond acceptors (Lipinski definition) is 3. The van der Waals surface area contributed by atoms with Gasteiger partial charge in [0.15, 0.2) is 0 Å². The normalized spacial score (nSPS) is 13.7. The third-order valence-electron chi connectivity index (χ3n) is 3.24. The first-order valence-electron chi connectivity index (χ1n) is 6.73. The van der Waals surface area contributed by atoms with Gasteiger partial charge in [-0.1, -0.05) is 6.07 Å². The van der Waals surface area contributed by atoms with Gasteiger partial charge >= 0.3 is 0 Å². The lowest BCUT2D eigenvalue weighted by Gasteiger charge is -2.24. The van der Waals surface area contributed by atoms with E-state index in [1.165, 1.54) is 6.92 Å². The number of nitrogens with zero attached hydrogens (tertiary/aromatic N) is 1. The Morgan fingerprint density at radius 2 is 2.14 bits per heavy atom. The van der Waals surface area contributed by atoms with Crippen LogP contribution in [-0.2, 0) is 16.8 Å². The molecule has 0 saturated heterocycles. The Labute approximate surface area is 126 Å². The number of aromatic nitrogens is 2. The minimum Gasteiger partial charge on any atom is -0.383 e. The van der Waals surface area contributed by atoms with E-state index in [1.807, 2.05) is 6.92 Å². The number of benzene rings is 1. The maximum Gasteiger partial charge on any atom is 0.226 e. The molecule has 0 aliphatic rings. The van der Waals surface area contributed by atoms with Crippen LogP contribution in [-0.4, -0.2) is 27.8 Å². The Bertz CT molecular complexity index is 683. The molecule has 0 radical (unpaired) electrons. The van der Waals surface area contributed by atoms with Crippen molar-refractivity contribution in [3.63, 3.8) is 0 Å². The highest BCUT2D eigenvalue weighted by Gasteiger charge is 2.27. The molecule has 22 heavy (non-hydrogen) atoms. The quantitative estimate of drug-likeness (QED) is 0.784. The van der Waals surface area contributed by atoms with Crippen LogP contribution in [0.1, 0.15) is 23.9 Å². The zero-order chi connectivity index (χ0) is 16.3. The average Bonchev–Trinajstić information content (AvgIpc) is 2.81. The van der Waals surface area contributed by atoms with Crippen molar-refractivity contribution in [1.29, 1.82) is 0 Å². The van der Waals surface area contributed by atoms with Crippen molar-refractivity contribution in [3.8, 4) is 0 Å². The molecule has 2 rings (SSSR count). The molecule has 1 heterocycles. The molecule has 1 atom stereocenters. The van der Waals surface area contributed by atoms with E-state index in [0.29, 0.717) is 11.8 Å². The number of aliphatic hydroxyl groups is 1. The van der Waals surface area contributed by atoms with E-state index in [1.54, 1.807) is 6.07 Å². The SMILES string of the molecule is Cc1cc(CC(=O)NCC(C)(O)c2ccc(F)cc2F)n[nH]1. The molecular weight excluding hydrogens is 292 g/mol. The maximum absolute atomic E-state index is 13.7. The van der Waals surface area contributed by atoms with E-state index in [-0.39, 0.29) is 24.4 Å². The molecule has 3 N–H and O–H groups in total. The number of carbonyl (C=O) groups is 1. The standard InChI is InChI=1S/C15H17F2N3O2/c1-9-5-11(20-19-9)7-14(21)18-8-15(2,22)12-4-3-10(16)6-13(12)17/h3-6,22H,7-8H2,1-2H3,(H,18,21)(H,19,20). The molecule has 0 aliphatic heterocycles. The van der Waals surface area contributed by atoms with Crippen LogP contribution in [0.3, 0.4) is 0 Å². The van der Waals surface area contributed by atoms with Gasteiger partial charge in [-0.25, -0.2) is 8.78 Å². The summed E-state index contributed by atoms with van der Waals surface area (Å²) >= 11 is 0. The van der Waals surface area contributed by atoms with Gasteiger partial charge in [-0.05, 0) is 26.0 Å². The Morgan fingerprint density at radius 1 is 1.41 bits per heavy atom. The molecular formula is C15H17F2N3O2. The molecule has 1 amide bonds. The Balaban J connectivity index is 1.98. The molecule has 118 valence electrons. The molecule has 0 aliphatic carbocycles. The monoisotopic (exact) mass is 309 g/mol. The molecule has 1 aromatic heterocycles. The van der Waals surface area contributed by atoms with E-state index in [4.69, 9.17) is 0 Å². The second-order valence-corrected chi connectivity index (χ2v) is 5.39. The Morgan fingerprint density at radius 3 is 2.73 bits per heavy atom. The minimum absolute atomic E-state index is 0.0479. The number of carbonyl (C=O) groups excluding carboxylic acids is 1. The number of amides is 1. The zero-order valence-corrected chi connectivity index (χ0v) is 12.3. The van der Waals surface area contributed by atoms with Crippen LogP contribution in [0.25, 0.3) is 0 Å². The van der Waals surface area contributed by atoms with Crippen molar-refractivity contribution in [2.75, 3.05) is 6.54 Å². The van der Waals surface area contributed by atoms with Gasteiger partial charge in [-0.3, -0.25) is 9.89 Å². The van der Waals surface area contributed by atoms with Crippen molar-refractivity contribution in [2.45, 2.75) is 25.9 Å². The van der Waals surface area contributed by atoms with E-state index < -0.39 is 17.2 Å². The number of H-pyrrole nitrogens is 1. The van der Waals surface area contributed by atoms with Crippen LogP contribution < -0.4 is 5.32 Å². The first-order chi connectivity index (χ1) is 10.3. The van der Waals surface area contributed by atoms with Crippen molar-refractivity contribution in [2.24, 2.45) is 0 Å². The van der Waals surface area contributed by atoms with E-state index in [2.05, 4.69) is 15.5 Å². The van der Waals surface area contributed by atoms with E-state index in [9.17, 15) is 18.7 Å². The predicted octanol–water partition coefficient (Wildman–Crippen LogP) is 1.56. The highest BCUT2D eigenvalue weighted by atomic mass is 19.1. The topological polar surface area (TPSA) is 78.0 Å². The Kier molecular flexibility index (Phi) is 4.56. The zero-order valence-electron chi connectivity index (χ0n) is 12.3. The Hall–Kier alpha value is -2.28. The van der Waals surface area contributed by atoms with Crippen molar-refractivity contribution in [3.05, 3.63) is 52.9 Å². The first-order valence-corrected chi connectivity index (χ1v) is 6.73. The lowest BCUT2D eigenvalue weighted by atomic mass is 9.95. The smallest absolute Gasteiger partial charge is 0.226 e. The molecule has 1 unspecified atom stereocenters. The lowest BCUT2D eigenvalue weighted by Crippen LogP contribution is -2.39. The van der Waals surface area contributed by atoms with Crippen LogP contribution in [0.4, 0.5) is 8.78 Å². The highest BCUT2D eigenvalue weighted by Crippen LogP contribution is 2.23. The number of aromatic amines is 1. The fourth-order valence-corrected chi connectivity index (χ4v) is 2.08. The van der Waals surface area contributed by atoms with Gasteiger partial charge < -0.3 is 10.4 Å². The minimum atomic E-state index is -1.64. The van der Waals surface area contributed by atoms with Crippen molar-refractivity contribution in [1.82, 2.24) is 15.5 Å². The molecule has 5 nitrogen and oxygen atoms in total. The number of aryl methyl sites for hydroxylation is 1. The second-order valence-electron chi connectivity index (χ2n) is 5.39. The summed E-state index contributed by atoms with van der Waals surface area (Å²) in [5.41, 5.74) is -0.315. The molecule has 0 spiro atoms. The van der Waals surface area contributed by atoms with Gasteiger partial charge in [0, 0.05) is 17.3 Å². The van der Waals surface area contributed by atoms with Gasteiger partial charge in [-0.2, -0.15) is 5.10 Å². The number of halogens is 2. The summed E-state index contributed by atoms with van der Waals surface area (Å²) in [4.78, 5) is 11.8. The third kappa shape index (κ3) is 3.88. The lowest BCUT2D eigenvalue weighted by molar-refractivity contribution is -0.121. The van der Waals surface area contributed by atoms with Crippen LogP contribution in [0, 0.1) is 18.6 Å². The molecule has 2 aromatic rings. The van der Waals surface area contributed by atoms with Gasteiger partial charge in [0.05, 0.1) is 18.7 Å². The van der Waals surface area contributed by atoms with Gasteiger partial charge in [0.1, 0.15) is 17.2 Å². The van der Waals surface area contributed by atoms with Crippen LogP contribution >= 0.6 is 0 Å². The second kappa shape index (κ2) is 6.23. The van der Waals surface area contributed by atoms with Gasteiger partial charge in [0.25, 0.3) is 0 Å². The van der Waals surface area contributed by atoms with Gasteiger partial charge in [-0.15, -0.1) is 0 Å². The van der Waals surface area contributed by atoms with E-state index >= 15 is 0 Å². The van der Waals surface area contributed by atoms with Crippen LogP contribution in [0.2, 0.25) is 0 Å². The first kappa shape index (κ1) is 16.1. The predicted molar refractivity (Wildman–Crippen MR) is 76.0 cm³/mol. The summed E-state index contributed by atoms with van der Waals surface area (Å²) in [5, 5.41) is 19.4. The van der Waals surface area contributed by atoms with Crippen LogP contribution in [0.15, 0.2) is 24.3 Å². The largest absolute Gasteiger partial charge is 0.383 e. The third-order valence-corrected chi connectivity index (χ3v) is 3.24. The maximum atomic E-state index is 13.7. The fraction of sp³-hybridized carbons (Fsp3) is 0.333. The molecule has 0 saturated carbocycles. The number of nitrogens with one attached hydrogen (secondary N) is 2. The highest BCUT2D eigenvalue weighted by molar-refractivity contribution is 5.78. The summed E-state index contributed by atoms with van der Waals surface area (Å²) < 4.78 is 26.6. The fourth-order valence-electron chi connectivity index (χ4n) is 2.08. The summed E-state index contributed by atoms with van der Waals surface area (Å²) in [6, 6.07) is 4.64. The van der Waals surface area contributed by atoms with Crippen molar-refractivity contribution < 1.29 is 18.7 Å². The number of hydrogen-bond donors (Lipinski definition) is 3. The molecule has 1 aromatic carbocycles. The van der Waals surface area contributed by atoms with Crippen LogP contribution in [0.5, 0.6) is 0 Å². The molecule has 0 bridgehead atoms. The van der Waals surface area contributed by atoms with Gasteiger partial charge in [0.2, 0.25) is 5.91 Å². The average molecular weight is 309 g/mol. The van der Waals surface area contributed by atoms with E-state index in [0.717, 1.165) is 17.8 Å². The van der Waals surface area contributed by atoms with Crippen molar-refractivity contribution >= 4 is 5.91 Å². The number of rotatable bonds is 5. The summed E-state index contributed by atoms with van der Waals surface area (Å²) in [7, 11) is 0. The summed E-state index contributed by atoms with van der Waals surface area (Å²) in [6.07, 6.45) is 0.0479.